The molecule has 1 aromatic heterocycles. The molecule has 0 saturated heterocycles. The Morgan fingerprint density at radius 2 is 2.25 bits per heavy atom. The van der Waals surface area contributed by atoms with E-state index >= 15 is 0 Å². The van der Waals surface area contributed by atoms with Gasteiger partial charge in [-0.1, -0.05) is 0 Å². The number of aromatic amines is 1. The van der Waals surface area contributed by atoms with Crippen LogP contribution in [0.15, 0.2) is 6.20 Å². The Morgan fingerprint density at radius 1 is 1.44 bits per heavy atom. The summed E-state index contributed by atoms with van der Waals surface area (Å²) in [7, 11) is 1.67. The largest absolute Gasteiger partial charge is 0.382 e. The second-order valence-corrected chi connectivity index (χ2v) is 3.73. The molecule has 1 aromatic rings. The van der Waals surface area contributed by atoms with Gasteiger partial charge < -0.3 is 14.8 Å². The molecule has 92 valence electrons. The summed E-state index contributed by atoms with van der Waals surface area (Å²) in [4.78, 5) is 0. The molecule has 0 bridgehead atoms. The van der Waals surface area contributed by atoms with Crippen LogP contribution >= 0.6 is 0 Å². The van der Waals surface area contributed by atoms with Crippen molar-refractivity contribution in [2.75, 3.05) is 33.5 Å². The second kappa shape index (κ2) is 7.38. The normalized spacial score (nSPS) is 12.9. The zero-order valence-electron chi connectivity index (χ0n) is 10.2. The number of H-pyrrole nitrogens is 1. The van der Waals surface area contributed by atoms with Crippen LogP contribution in [0.5, 0.6) is 0 Å². The van der Waals surface area contributed by atoms with Gasteiger partial charge in [-0.2, -0.15) is 5.10 Å². The maximum Gasteiger partial charge on any atom is 0.0700 e. The Labute approximate surface area is 96.5 Å². The Balaban J connectivity index is 2.11. The number of hydrogen-bond acceptors (Lipinski definition) is 4. The minimum absolute atomic E-state index is 0.296. The van der Waals surface area contributed by atoms with Crippen molar-refractivity contribution in [3.8, 4) is 0 Å². The number of aryl methyl sites for hydroxylation is 1. The van der Waals surface area contributed by atoms with Crippen LogP contribution in [0.3, 0.4) is 0 Å². The molecule has 0 aliphatic heterocycles. The lowest BCUT2D eigenvalue weighted by Gasteiger charge is -2.13. The van der Waals surface area contributed by atoms with Crippen molar-refractivity contribution in [1.29, 1.82) is 0 Å². The van der Waals surface area contributed by atoms with Gasteiger partial charge in [-0.25, -0.2) is 0 Å². The zero-order chi connectivity index (χ0) is 11.8. The van der Waals surface area contributed by atoms with Crippen molar-refractivity contribution in [3.63, 3.8) is 0 Å². The molecule has 2 N–H and O–H groups in total. The van der Waals surface area contributed by atoms with Gasteiger partial charge in [-0.05, 0) is 13.8 Å². The van der Waals surface area contributed by atoms with E-state index in [-0.39, 0.29) is 0 Å². The Bertz CT molecular complexity index is 289. The predicted octanol–water partition coefficient (Wildman–Crippen LogP) is 1.03. The van der Waals surface area contributed by atoms with Crippen molar-refractivity contribution in [3.05, 3.63) is 17.5 Å². The van der Waals surface area contributed by atoms with Gasteiger partial charge in [0.1, 0.15) is 0 Å². The van der Waals surface area contributed by atoms with Crippen LogP contribution in [0.4, 0.5) is 0 Å². The number of ether oxygens (including phenoxy) is 2. The van der Waals surface area contributed by atoms with Gasteiger partial charge in [-0.15, -0.1) is 0 Å². The first kappa shape index (κ1) is 13.2. The van der Waals surface area contributed by atoms with Gasteiger partial charge in [0.05, 0.1) is 26.0 Å². The molecule has 0 aliphatic rings. The van der Waals surface area contributed by atoms with Crippen LogP contribution in [0.2, 0.25) is 0 Å². The molecular formula is C11H21N3O2. The van der Waals surface area contributed by atoms with E-state index in [2.05, 4.69) is 22.4 Å². The molecule has 16 heavy (non-hydrogen) atoms. The molecule has 0 spiro atoms. The Hall–Kier alpha value is -0.910. The number of nitrogens with one attached hydrogen (secondary N) is 2. The molecule has 1 unspecified atom stereocenters. The van der Waals surface area contributed by atoms with Crippen LogP contribution in [0.25, 0.3) is 0 Å². The summed E-state index contributed by atoms with van der Waals surface area (Å²) in [6, 6.07) is 0.296. The fourth-order valence-corrected chi connectivity index (χ4v) is 1.50. The number of aromatic nitrogens is 2. The number of rotatable bonds is 8. The summed E-state index contributed by atoms with van der Waals surface area (Å²) >= 11 is 0. The van der Waals surface area contributed by atoms with E-state index in [0.717, 1.165) is 12.2 Å². The third-order valence-electron chi connectivity index (χ3n) is 2.46. The third-order valence-corrected chi connectivity index (χ3v) is 2.46. The maximum absolute atomic E-state index is 5.36. The molecule has 1 atom stereocenters. The maximum atomic E-state index is 5.36. The van der Waals surface area contributed by atoms with Gasteiger partial charge in [0.25, 0.3) is 0 Å². The van der Waals surface area contributed by atoms with Crippen molar-refractivity contribution >= 4 is 0 Å². The average molecular weight is 227 g/mol. The van der Waals surface area contributed by atoms with Crippen molar-refractivity contribution in [2.24, 2.45) is 0 Å². The van der Waals surface area contributed by atoms with Crippen molar-refractivity contribution < 1.29 is 9.47 Å². The minimum atomic E-state index is 0.296. The topological polar surface area (TPSA) is 59.2 Å². The molecule has 5 heteroatoms. The van der Waals surface area contributed by atoms with Crippen LogP contribution in [0.1, 0.15) is 24.2 Å². The predicted molar refractivity (Wildman–Crippen MR) is 62.4 cm³/mol. The summed E-state index contributed by atoms with van der Waals surface area (Å²) in [5.41, 5.74) is 2.32. The third kappa shape index (κ3) is 4.30. The highest BCUT2D eigenvalue weighted by Gasteiger charge is 2.08. The number of methoxy groups -OCH3 is 1. The Kier molecular flexibility index (Phi) is 6.07. The summed E-state index contributed by atoms with van der Waals surface area (Å²) in [6.07, 6.45) is 1.86. The summed E-state index contributed by atoms with van der Waals surface area (Å²) < 4.78 is 10.2. The molecule has 0 radical (unpaired) electrons. The van der Waals surface area contributed by atoms with E-state index in [0.29, 0.717) is 25.9 Å². The van der Waals surface area contributed by atoms with E-state index in [1.54, 1.807) is 7.11 Å². The average Bonchev–Trinajstić information content (AvgIpc) is 2.69. The lowest BCUT2D eigenvalue weighted by molar-refractivity contribution is 0.0712. The van der Waals surface area contributed by atoms with E-state index in [9.17, 15) is 0 Å². The van der Waals surface area contributed by atoms with Crippen LogP contribution in [-0.2, 0) is 9.47 Å². The molecule has 0 aromatic carbocycles. The van der Waals surface area contributed by atoms with Crippen LogP contribution in [-0.4, -0.2) is 43.7 Å². The first-order valence-electron chi connectivity index (χ1n) is 5.55. The van der Waals surface area contributed by atoms with Gasteiger partial charge in [-0.3, -0.25) is 5.10 Å². The van der Waals surface area contributed by atoms with Crippen LogP contribution in [0, 0.1) is 6.92 Å². The van der Waals surface area contributed by atoms with E-state index in [4.69, 9.17) is 9.47 Å². The lowest BCUT2D eigenvalue weighted by atomic mass is 10.1. The van der Waals surface area contributed by atoms with Crippen molar-refractivity contribution in [1.82, 2.24) is 15.5 Å². The molecule has 0 fully saturated rings. The fraction of sp³-hybridized carbons (Fsp3) is 0.727. The first-order valence-corrected chi connectivity index (χ1v) is 5.55. The van der Waals surface area contributed by atoms with Crippen molar-refractivity contribution in [2.45, 2.75) is 19.9 Å². The molecule has 0 aliphatic carbocycles. The monoisotopic (exact) mass is 227 g/mol. The highest BCUT2D eigenvalue weighted by atomic mass is 16.5. The molecular weight excluding hydrogens is 206 g/mol. The van der Waals surface area contributed by atoms with Gasteiger partial charge in [0.2, 0.25) is 0 Å². The van der Waals surface area contributed by atoms with Gasteiger partial charge in [0.15, 0.2) is 0 Å². The summed E-state index contributed by atoms with van der Waals surface area (Å²) in [5.74, 6) is 0. The summed E-state index contributed by atoms with van der Waals surface area (Å²) in [5, 5.41) is 10.3. The van der Waals surface area contributed by atoms with Gasteiger partial charge in [0, 0.05) is 31.0 Å². The lowest BCUT2D eigenvalue weighted by Crippen LogP contribution is -2.24. The van der Waals surface area contributed by atoms with E-state index in [1.165, 1.54) is 5.56 Å². The molecule has 0 amide bonds. The first-order chi connectivity index (χ1) is 7.75. The molecule has 0 saturated carbocycles. The molecule has 5 nitrogen and oxygen atoms in total. The van der Waals surface area contributed by atoms with Gasteiger partial charge >= 0.3 is 0 Å². The fourth-order valence-electron chi connectivity index (χ4n) is 1.50. The van der Waals surface area contributed by atoms with Crippen LogP contribution < -0.4 is 5.32 Å². The van der Waals surface area contributed by atoms with E-state index < -0.39 is 0 Å². The Morgan fingerprint density at radius 3 is 2.88 bits per heavy atom. The second-order valence-electron chi connectivity index (χ2n) is 3.73. The molecule has 1 rings (SSSR count). The smallest absolute Gasteiger partial charge is 0.0700 e. The summed E-state index contributed by atoms with van der Waals surface area (Å²) in [6.45, 7) is 6.97. The standard InChI is InChI=1S/C11H21N3O2/c1-9(11-8-13-14-10(11)2)12-4-5-16-7-6-15-3/h8-9,12H,4-7H2,1-3H3,(H,13,14). The quantitative estimate of drug-likeness (QED) is 0.651. The SMILES string of the molecule is COCCOCCNC(C)c1cn[nH]c1C. The highest BCUT2D eigenvalue weighted by molar-refractivity contribution is 5.18. The zero-order valence-corrected chi connectivity index (χ0v) is 10.2. The number of hydrogen-bond donors (Lipinski definition) is 2. The highest BCUT2D eigenvalue weighted by Crippen LogP contribution is 2.13. The number of nitrogens with zero attached hydrogens (tertiary/aromatic N) is 1. The van der Waals surface area contributed by atoms with E-state index in [1.807, 2.05) is 13.1 Å². The minimum Gasteiger partial charge on any atom is -0.382 e. The molecule has 1 heterocycles.